The highest BCUT2D eigenvalue weighted by molar-refractivity contribution is 6.14. The number of anilines is 1. The van der Waals surface area contributed by atoms with E-state index >= 15 is 0 Å². The van der Waals surface area contributed by atoms with Gasteiger partial charge in [0.15, 0.2) is 0 Å². The zero-order chi connectivity index (χ0) is 25.8. The molecule has 2 aromatic carbocycles. The standard InChI is InChI=1S/C22H27N3O2.C7H10N2/c1-2-11-25-12-9-19(10-13-25)27-18-6-4-17(5-7-18)22(24)20-14-16(15-26)3-8-21(20)23;1-8-6-7-4-2-3-5-9-7/h3-8,14-15,19,24H,2,9-13,23H2,1H3;2-5,8H,6H2,1H3. The first-order valence-corrected chi connectivity index (χ1v) is 12.5. The van der Waals surface area contributed by atoms with Crippen molar-refractivity contribution >= 4 is 17.7 Å². The zero-order valence-electron chi connectivity index (χ0n) is 21.2. The third-order valence-corrected chi connectivity index (χ3v) is 6.09. The Morgan fingerprint density at radius 3 is 2.53 bits per heavy atom. The van der Waals surface area contributed by atoms with E-state index in [4.69, 9.17) is 15.9 Å². The number of hydrogen-bond acceptors (Lipinski definition) is 7. The number of rotatable bonds is 9. The van der Waals surface area contributed by atoms with E-state index in [1.807, 2.05) is 49.5 Å². The van der Waals surface area contributed by atoms with Crippen LogP contribution in [-0.2, 0) is 6.54 Å². The molecule has 0 aliphatic carbocycles. The van der Waals surface area contributed by atoms with Gasteiger partial charge in [-0.25, -0.2) is 0 Å². The SMILES string of the molecule is CCCN1CCC(Oc2ccc(C(=N)c3cc(C=O)ccc3N)cc2)CC1.CNCc1ccccn1. The first-order chi connectivity index (χ1) is 17.5. The van der Waals surface area contributed by atoms with E-state index in [2.05, 4.69) is 22.1 Å². The summed E-state index contributed by atoms with van der Waals surface area (Å²) >= 11 is 0. The summed E-state index contributed by atoms with van der Waals surface area (Å²) in [5, 5.41) is 11.4. The molecule has 0 bridgehead atoms. The van der Waals surface area contributed by atoms with Crippen LogP contribution in [-0.4, -0.2) is 54.7 Å². The average molecular weight is 488 g/mol. The van der Waals surface area contributed by atoms with Gasteiger partial charge in [0, 0.05) is 48.2 Å². The van der Waals surface area contributed by atoms with E-state index in [1.165, 1.54) is 6.42 Å². The summed E-state index contributed by atoms with van der Waals surface area (Å²) in [7, 11) is 1.91. The molecule has 36 heavy (non-hydrogen) atoms. The summed E-state index contributed by atoms with van der Waals surface area (Å²) < 4.78 is 6.11. The molecule has 0 amide bonds. The minimum Gasteiger partial charge on any atom is -0.490 e. The van der Waals surface area contributed by atoms with Crippen molar-refractivity contribution in [2.24, 2.45) is 0 Å². The van der Waals surface area contributed by atoms with Crippen molar-refractivity contribution < 1.29 is 9.53 Å². The Morgan fingerprint density at radius 1 is 1.17 bits per heavy atom. The summed E-state index contributed by atoms with van der Waals surface area (Å²) in [5.41, 5.74) is 9.68. The molecule has 1 fully saturated rings. The Hall–Kier alpha value is -3.55. The molecule has 2 heterocycles. The van der Waals surface area contributed by atoms with Gasteiger partial charge in [-0.15, -0.1) is 0 Å². The quantitative estimate of drug-likeness (QED) is 0.232. The molecular weight excluding hydrogens is 450 g/mol. The van der Waals surface area contributed by atoms with E-state index in [9.17, 15) is 4.79 Å². The smallest absolute Gasteiger partial charge is 0.150 e. The second-order valence-corrected chi connectivity index (χ2v) is 8.87. The lowest BCUT2D eigenvalue weighted by molar-refractivity contribution is 0.101. The Bertz CT molecular complexity index is 1090. The molecule has 0 saturated carbocycles. The molecule has 7 nitrogen and oxygen atoms in total. The Kier molecular flexibility index (Phi) is 10.6. The number of hydrogen-bond donors (Lipinski definition) is 3. The minimum absolute atomic E-state index is 0.253. The molecule has 7 heteroatoms. The van der Waals surface area contributed by atoms with Crippen molar-refractivity contribution in [3.8, 4) is 5.75 Å². The molecule has 3 aromatic rings. The molecule has 4 rings (SSSR count). The van der Waals surface area contributed by atoms with Crippen LogP contribution in [0.4, 0.5) is 5.69 Å². The number of nitrogens with zero attached hydrogens (tertiary/aromatic N) is 2. The monoisotopic (exact) mass is 487 g/mol. The topological polar surface area (TPSA) is 104 Å². The highest BCUT2D eigenvalue weighted by atomic mass is 16.5. The largest absolute Gasteiger partial charge is 0.490 e. The molecule has 1 aliphatic rings. The molecule has 0 unspecified atom stereocenters. The Labute approximate surface area is 214 Å². The fourth-order valence-corrected chi connectivity index (χ4v) is 4.16. The van der Waals surface area contributed by atoms with Gasteiger partial charge in [0.2, 0.25) is 0 Å². The predicted octanol–water partition coefficient (Wildman–Crippen LogP) is 4.55. The Morgan fingerprint density at radius 2 is 1.92 bits per heavy atom. The van der Waals surface area contributed by atoms with Crippen molar-refractivity contribution in [3.63, 3.8) is 0 Å². The van der Waals surface area contributed by atoms with Gasteiger partial charge in [-0.1, -0.05) is 13.0 Å². The number of likely N-dealkylation sites (tertiary alicyclic amines) is 1. The third kappa shape index (κ3) is 8.00. The van der Waals surface area contributed by atoms with Crippen LogP contribution in [0.3, 0.4) is 0 Å². The van der Waals surface area contributed by atoms with Crippen LogP contribution in [0.15, 0.2) is 66.9 Å². The number of benzene rings is 2. The van der Waals surface area contributed by atoms with Gasteiger partial charge in [-0.05, 0) is 87.5 Å². The lowest BCUT2D eigenvalue weighted by atomic mass is 9.99. The maximum absolute atomic E-state index is 11.0. The van der Waals surface area contributed by atoms with Gasteiger partial charge in [0.1, 0.15) is 18.1 Å². The summed E-state index contributed by atoms with van der Waals surface area (Å²) in [4.78, 5) is 17.6. The number of carbonyl (C=O) groups excluding carboxylic acids is 1. The van der Waals surface area contributed by atoms with Gasteiger partial charge >= 0.3 is 0 Å². The van der Waals surface area contributed by atoms with Crippen LogP contribution < -0.4 is 15.8 Å². The van der Waals surface area contributed by atoms with Crippen LogP contribution in [0.25, 0.3) is 0 Å². The van der Waals surface area contributed by atoms with E-state index in [0.717, 1.165) is 62.3 Å². The van der Waals surface area contributed by atoms with Crippen LogP contribution in [0, 0.1) is 5.41 Å². The lowest BCUT2D eigenvalue weighted by Gasteiger charge is -2.31. The van der Waals surface area contributed by atoms with Crippen LogP contribution >= 0.6 is 0 Å². The molecule has 190 valence electrons. The zero-order valence-corrected chi connectivity index (χ0v) is 21.2. The fourth-order valence-electron chi connectivity index (χ4n) is 4.16. The van der Waals surface area contributed by atoms with E-state index in [0.29, 0.717) is 22.5 Å². The van der Waals surface area contributed by atoms with Crippen molar-refractivity contribution in [2.75, 3.05) is 32.4 Å². The predicted molar refractivity (Wildman–Crippen MR) is 146 cm³/mol. The van der Waals surface area contributed by atoms with Gasteiger partial charge in [-0.2, -0.15) is 0 Å². The molecule has 4 N–H and O–H groups in total. The summed E-state index contributed by atoms with van der Waals surface area (Å²) in [6, 6.07) is 18.4. The van der Waals surface area contributed by atoms with Crippen LogP contribution in [0.5, 0.6) is 5.75 Å². The Balaban J connectivity index is 0.000000338. The van der Waals surface area contributed by atoms with E-state index in [-0.39, 0.29) is 6.10 Å². The number of piperidine rings is 1. The number of aromatic nitrogens is 1. The molecule has 1 saturated heterocycles. The molecule has 0 spiro atoms. The first kappa shape index (κ1) is 27.0. The highest BCUT2D eigenvalue weighted by Gasteiger charge is 2.20. The number of pyridine rings is 1. The maximum Gasteiger partial charge on any atom is 0.150 e. The summed E-state index contributed by atoms with van der Waals surface area (Å²) in [6.45, 7) is 6.41. The first-order valence-electron chi connectivity index (χ1n) is 12.5. The van der Waals surface area contributed by atoms with Crippen molar-refractivity contribution in [3.05, 3.63) is 89.2 Å². The van der Waals surface area contributed by atoms with E-state index in [1.54, 1.807) is 24.4 Å². The number of nitrogens with two attached hydrogens (primary N) is 1. The number of carbonyl (C=O) groups is 1. The van der Waals surface area contributed by atoms with Crippen molar-refractivity contribution in [1.82, 2.24) is 15.2 Å². The molecule has 1 aromatic heterocycles. The number of nitrogen functional groups attached to an aromatic ring is 1. The fraction of sp³-hybridized carbons (Fsp3) is 0.345. The van der Waals surface area contributed by atoms with Gasteiger partial charge in [0.25, 0.3) is 0 Å². The second kappa shape index (κ2) is 14.1. The number of aldehydes is 1. The second-order valence-electron chi connectivity index (χ2n) is 8.87. The molecule has 0 atom stereocenters. The number of ether oxygens (including phenoxy) is 1. The third-order valence-electron chi connectivity index (χ3n) is 6.09. The number of nitrogens with one attached hydrogen (secondary N) is 2. The van der Waals surface area contributed by atoms with Crippen molar-refractivity contribution in [1.29, 1.82) is 5.41 Å². The normalized spacial score (nSPS) is 13.9. The minimum atomic E-state index is 0.253. The highest BCUT2D eigenvalue weighted by Crippen LogP contribution is 2.22. The molecule has 0 radical (unpaired) electrons. The van der Waals surface area contributed by atoms with Crippen molar-refractivity contribution in [2.45, 2.75) is 38.8 Å². The summed E-state index contributed by atoms with van der Waals surface area (Å²) in [6.07, 6.45) is 6.10. The van der Waals surface area contributed by atoms with Gasteiger partial charge in [0.05, 0.1) is 11.4 Å². The maximum atomic E-state index is 11.0. The van der Waals surface area contributed by atoms with Gasteiger partial charge < -0.3 is 20.7 Å². The molecular formula is C29H37N5O2. The molecule has 1 aliphatic heterocycles. The van der Waals surface area contributed by atoms with E-state index < -0.39 is 0 Å². The van der Waals surface area contributed by atoms with Gasteiger partial charge in [-0.3, -0.25) is 15.2 Å². The van der Waals surface area contributed by atoms with Crippen LogP contribution in [0.2, 0.25) is 0 Å². The lowest BCUT2D eigenvalue weighted by Crippen LogP contribution is -2.38. The van der Waals surface area contributed by atoms with Crippen LogP contribution in [0.1, 0.15) is 53.4 Å². The average Bonchev–Trinajstić information content (AvgIpc) is 2.91. The summed E-state index contributed by atoms with van der Waals surface area (Å²) in [5.74, 6) is 0.829.